The highest BCUT2D eigenvalue weighted by Crippen LogP contribution is 2.32. The normalized spacial score (nSPS) is 20.1. The van der Waals surface area contributed by atoms with Crippen LogP contribution in [0, 0.1) is 11.8 Å². The van der Waals surface area contributed by atoms with E-state index in [1.165, 1.54) is 0 Å². The number of imidazole rings is 1. The molecule has 1 aliphatic carbocycles. The van der Waals surface area contributed by atoms with Crippen LogP contribution in [0.4, 0.5) is 5.69 Å². The van der Waals surface area contributed by atoms with Crippen LogP contribution in [-0.4, -0.2) is 22.0 Å². The number of amides is 1. The average Bonchev–Trinajstić information content (AvgIpc) is 3.23. The van der Waals surface area contributed by atoms with Crippen molar-refractivity contribution >= 4 is 11.6 Å². The number of carbonyl (C=O) groups excluding carboxylic acids is 1. The first-order chi connectivity index (χ1) is 11.7. The molecule has 6 nitrogen and oxygen atoms in total. The van der Waals surface area contributed by atoms with Gasteiger partial charge >= 0.3 is 0 Å². The summed E-state index contributed by atoms with van der Waals surface area (Å²) in [5, 5.41) is 2.99. The van der Waals surface area contributed by atoms with Crippen molar-refractivity contribution in [2.75, 3.05) is 11.9 Å². The van der Waals surface area contributed by atoms with E-state index in [-0.39, 0.29) is 11.8 Å². The number of hydrogen-bond donors (Lipinski definition) is 2. The van der Waals surface area contributed by atoms with Crippen LogP contribution in [0.15, 0.2) is 36.7 Å². The molecule has 3 N–H and O–H groups in total. The summed E-state index contributed by atoms with van der Waals surface area (Å²) >= 11 is 0. The van der Waals surface area contributed by atoms with Crippen molar-refractivity contribution in [3.8, 4) is 5.75 Å². The summed E-state index contributed by atoms with van der Waals surface area (Å²) in [6.45, 7) is 0.994. The first-order valence-corrected chi connectivity index (χ1v) is 8.37. The zero-order chi connectivity index (χ0) is 16.9. The van der Waals surface area contributed by atoms with Crippen LogP contribution in [0.1, 0.15) is 25.1 Å². The van der Waals surface area contributed by atoms with E-state index in [1.54, 1.807) is 6.20 Å². The molecule has 1 aromatic heterocycles. The molecule has 0 saturated heterocycles. The molecule has 128 valence electrons. The second kappa shape index (κ2) is 7.49. The van der Waals surface area contributed by atoms with E-state index >= 15 is 0 Å². The van der Waals surface area contributed by atoms with Gasteiger partial charge in [-0.25, -0.2) is 4.98 Å². The summed E-state index contributed by atoms with van der Waals surface area (Å²) < 4.78 is 7.63. The minimum absolute atomic E-state index is 0.0364. The molecule has 3 rings (SSSR count). The first kappa shape index (κ1) is 16.5. The predicted molar refractivity (Wildman–Crippen MR) is 92.5 cm³/mol. The Morgan fingerprint density at radius 1 is 1.38 bits per heavy atom. The van der Waals surface area contributed by atoms with E-state index in [0.29, 0.717) is 19.1 Å². The molecule has 0 radical (unpaired) electrons. The van der Waals surface area contributed by atoms with E-state index in [1.807, 2.05) is 42.1 Å². The molecule has 1 heterocycles. The molecular weight excluding hydrogens is 304 g/mol. The summed E-state index contributed by atoms with van der Waals surface area (Å²) in [6.07, 6.45) is 6.69. The van der Waals surface area contributed by atoms with Gasteiger partial charge in [-0.1, -0.05) is 6.42 Å². The van der Waals surface area contributed by atoms with Crippen LogP contribution in [0.2, 0.25) is 0 Å². The molecule has 1 fully saturated rings. The topological polar surface area (TPSA) is 82.2 Å². The number of nitrogens with two attached hydrogens (primary N) is 1. The molecule has 2 atom stereocenters. The van der Waals surface area contributed by atoms with E-state index in [9.17, 15) is 4.79 Å². The Bertz CT molecular complexity index is 681. The van der Waals surface area contributed by atoms with Crippen molar-refractivity contribution in [3.63, 3.8) is 0 Å². The molecule has 24 heavy (non-hydrogen) atoms. The van der Waals surface area contributed by atoms with Crippen molar-refractivity contribution in [1.29, 1.82) is 0 Å². The van der Waals surface area contributed by atoms with Gasteiger partial charge < -0.3 is 20.4 Å². The van der Waals surface area contributed by atoms with Crippen LogP contribution in [0.5, 0.6) is 5.75 Å². The van der Waals surface area contributed by atoms with Gasteiger partial charge in [0.05, 0.1) is 0 Å². The van der Waals surface area contributed by atoms with Crippen molar-refractivity contribution in [3.05, 3.63) is 42.5 Å². The smallest absolute Gasteiger partial charge is 0.227 e. The number of carbonyl (C=O) groups is 1. The molecule has 6 heteroatoms. The summed E-state index contributed by atoms with van der Waals surface area (Å²) in [5.74, 6) is 2.03. The van der Waals surface area contributed by atoms with Crippen molar-refractivity contribution in [1.82, 2.24) is 9.55 Å². The molecule has 1 saturated carbocycles. The SMILES string of the molecule is Cn1ccnc1COc1ccc(NC(=O)[C@@H]2CCC[C@@H]2CN)cc1. The summed E-state index contributed by atoms with van der Waals surface area (Å²) in [6, 6.07) is 7.43. The highest BCUT2D eigenvalue weighted by Gasteiger charge is 2.31. The summed E-state index contributed by atoms with van der Waals surface area (Å²) in [5.41, 5.74) is 6.54. The van der Waals surface area contributed by atoms with Crippen LogP contribution in [0.3, 0.4) is 0 Å². The fraction of sp³-hybridized carbons (Fsp3) is 0.444. The number of nitrogens with one attached hydrogen (secondary N) is 1. The van der Waals surface area contributed by atoms with Gasteiger partial charge in [0.1, 0.15) is 18.2 Å². The van der Waals surface area contributed by atoms with E-state index in [2.05, 4.69) is 10.3 Å². The minimum Gasteiger partial charge on any atom is -0.486 e. The van der Waals surface area contributed by atoms with Gasteiger partial charge in [0, 0.05) is 31.0 Å². The first-order valence-electron chi connectivity index (χ1n) is 8.37. The number of hydrogen-bond acceptors (Lipinski definition) is 4. The lowest BCUT2D eigenvalue weighted by atomic mass is 9.95. The molecule has 0 aliphatic heterocycles. The minimum atomic E-state index is 0.0364. The fourth-order valence-corrected chi connectivity index (χ4v) is 3.22. The van der Waals surface area contributed by atoms with E-state index < -0.39 is 0 Å². The van der Waals surface area contributed by atoms with Gasteiger partial charge in [0.15, 0.2) is 0 Å². The summed E-state index contributed by atoms with van der Waals surface area (Å²) in [7, 11) is 1.93. The number of ether oxygens (including phenoxy) is 1. The molecule has 1 amide bonds. The van der Waals surface area contributed by atoms with Gasteiger partial charge in [-0.3, -0.25) is 4.79 Å². The Hall–Kier alpha value is -2.34. The van der Waals surface area contributed by atoms with Gasteiger partial charge in [-0.05, 0) is 49.6 Å². The van der Waals surface area contributed by atoms with Crippen molar-refractivity contribution < 1.29 is 9.53 Å². The molecule has 0 spiro atoms. The second-order valence-electron chi connectivity index (χ2n) is 6.29. The maximum absolute atomic E-state index is 12.4. The predicted octanol–water partition coefficient (Wildman–Crippen LogP) is 2.31. The number of aromatic nitrogens is 2. The quantitative estimate of drug-likeness (QED) is 0.852. The Morgan fingerprint density at radius 3 is 2.83 bits per heavy atom. The zero-order valence-electron chi connectivity index (χ0n) is 13.9. The Morgan fingerprint density at radius 2 is 2.17 bits per heavy atom. The molecule has 1 aromatic carbocycles. The molecule has 2 aromatic rings. The van der Waals surface area contributed by atoms with Crippen molar-refractivity contribution in [2.45, 2.75) is 25.9 Å². The largest absolute Gasteiger partial charge is 0.486 e. The maximum Gasteiger partial charge on any atom is 0.227 e. The highest BCUT2D eigenvalue weighted by atomic mass is 16.5. The number of benzene rings is 1. The Labute approximate surface area is 142 Å². The summed E-state index contributed by atoms with van der Waals surface area (Å²) in [4.78, 5) is 16.6. The third kappa shape index (κ3) is 3.76. The van der Waals surface area contributed by atoms with Gasteiger partial charge in [0.25, 0.3) is 0 Å². The van der Waals surface area contributed by atoms with Crippen LogP contribution in [-0.2, 0) is 18.4 Å². The number of aryl methyl sites for hydroxylation is 1. The molecule has 0 bridgehead atoms. The monoisotopic (exact) mass is 328 g/mol. The standard InChI is InChI=1S/C18H24N4O2/c1-22-10-9-20-17(22)12-24-15-7-5-14(6-8-15)21-18(23)16-4-2-3-13(16)11-19/h5-10,13,16H,2-4,11-12,19H2,1H3,(H,21,23)/t13-,16-/m1/s1. The average molecular weight is 328 g/mol. The highest BCUT2D eigenvalue weighted by molar-refractivity contribution is 5.93. The van der Waals surface area contributed by atoms with Gasteiger partial charge in [-0.2, -0.15) is 0 Å². The van der Waals surface area contributed by atoms with Crippen LogP contribution in [0.25, 0.3) is 0 Å². The lowest BCUT2D eigenvalue weighted by Crippen LogP contribution is -2.29. The van der Waals surface area contributed by atoms with E-state index in [4.69, 9.17) is 10.5 Å². The van der Waals surface area contributed by atoms with Crippen LogP contribution < -0.4 is 15.8 Å². The number of nitrogens with zero attached hydrogens (tertiary/aromatic N) is 2. The molecule has 1 aliphatic rings. The van der Waals surface area contributed by atoms with Gasteiger partial charge in [-0.15, -0.1) is 0 Å². The third-order valence-electron chi connectivity index (χ3n) is 4.71. The Balaban J connectivity index is 1.54. The number of anilines is 1. The Kier molecular flexibility index (Phi) is 5.15. The maximum atomic E-state index is 12.4. The third-order valence-corrected chi connectivity index (χ3v) is 4.71. The second-order valence-corrected chi connectivity index (χ2v) is 6.29. The zero-order valence-corrected chi connectivity index (χ0v) is 13.9. The number of rotatable bonds is 6. The lowest BCUT2D eigenvalue weighted by molar-refractivity contribution is -0.120. The fourth-order valence-electron chi connectivity index (χ4n) is 3.22. The van der Waals surface area contributed by atoms with Crippen LogP contribution >= 0.6 is 0 Å². The molecular formula is C18H24N4O2. The lowest BCUT2D eigenvalue weighted by Gasteiger charge is -2.17. The van der Waals surface area contributed by atoms with Crippen molar-refractivity contribution in [2.24, 2.45) is 24.6 Å². The van der Waals surface area contributed by atoms with Gasteiger partial charge in [0.2, 0.25) is 5.91 Å². The van der Waals surface area contributed by atoms with E-state index in [0.717, 1.165) is 36.5 Å². The molecule has 0 unspecified atom stereocenters.